The Morgan fingerprint density at radius 3 is 2.68 bits per heavy atom. The second kappa shape index (κ2) is 5.89. The summed E-state index contributed by atoms with van der Waals surface area (Å²) in [4.78, 5) is 26.2. The summed E-state index contributed by atoms with van der Waals surface area (Å²) in [5, 5.41) is 0.540. The molecule has 0 bridgehead atoms. The molecule has 0 spiro atoms. The Bertz CT molecular complexity index is 1140. The fourth-order valence-electron chi connectivity index (χ4n) is 2.73. The molecule has 0 amide bonds. The predicted octanol–water partition coefficient (Wildman–Crippen LogP) is 4.02. The lowest BCUT2D eigenvalue weighted by Crippen LogP contribution is -2.17. The lowest BCUT2D eigenvalue weighted by Gasteiger charge is -2.07. The van der Waals surface area contributed by atoms with Crippen molar-refractivity contribution in [1.82, 2.24) is 19.5 Å². The van der Waals surface area contributed by atoms with Crippen LogP contribution in [0.1, 0.15) is 23.1 Å². The number of nitrogens with zero attached hydrogens (tertiary/aromatic N) is 4. The number of aromatic nitrogens is 4. The Morgan fingerprint density at radius 2 is 1.92 bits per heavy atom. The maximum absolute atomic E-state index is 14.1. The zero-order valence-electron chi connectivity index (χ0n) is 13.2. The number of carbonyl (C=O) groups excluding carboxylic acids is 1. The third kappa shape index (κ3) is 2.55. The van der Waals surface area contributed by atoms with Crippen LogP contribution in [0, 0.1) is 5.82 Å². The predicted molar refractivity (Wildman–Crippen MR) is 93.3 cm³/mol. The molecule has 0 N–H and O–H groups in total. The molecule has 0 unspecified atom stereocenters. The van der Waals surface area contributed by atoms with Crippen LogP contribution in [0.5, 0.6) is 0 Å². The van der Waals surface area contributed by atoms with Gasteiger partial charge in [-0.15, -0.1) is 0 Å². The molecule has 0 aliphatic heterocycles. The number of rotatable bonds is 2. The molecule has 0 radical (unpaired) electrons. The van der Waals surface area contributed by atoms with Gasteiger partial charge in [0, 0.05) is 11.4 Å². The van der Waals surface area contributed by atoms with Gasteiger partial charge in [-0.25, -0.2) is 23.9 Å². The summed E-state index contributed by atoms with van der Waals surface area (Å²) in [6, 6.07) is 11.0. The first-order valence-corrected chi connectivity index (χ1v) is 8.10. The number of fused-ring (bicyclic) bond motifs is 2. The van der Waals surface area contributed by atoms with E-state index in [1.165, 1.54) is 22.8 Å². The number of aryl methyl sites for hydroxylation is 1. The number of halogens is 2. The third-order valence-electron chi connectivity index (χ3n) is 3.92. The van der Waals surface area contributed by atoms with Gasteiger partial charge in [0.25, 0.3) is 5.91 Å². The summed E-state index contributed by atoms with van der Waals surface area (Å²) in [6.45, 7) is 1.86. The van der Waals surface area contributed by atoms with Gasteiger partial charge in [-0.05, 0) is 30.3 Å². The molecule has 2 heterocycles. The highest BCUT2D eigenvalue weighted by Gasteiger charge is 2.22. The highest BCUT2D eigenvalue weighted by atomic mass is 35.5. The van der Waals surface area contributed by atoms with E-state index in [4.69, 9.17) is 11.6 Å². The SMILES string of the molecule is CCc1nc2nc3cc(Cl)ccc3nc2n1C(=O)c1ccccc1F. The van der Waals surface area contributed by atoms with E-state index in [0.29, 0.717) is 39.6 Å². The van der Waals surface area contributed by atoms with Crippen molar-refractivity contribution >= 4 is 39.8 Å². The first-order chi connectivity index (χ1) is 12.1. The molecular formula is C18H12ClFN4O. The molecule has 4 aromatic rings. The van der Waals surface area contributed by atoms with E-state index >= 15 is 0 Å². The van der Waals surface area contributed by atoms with Crippen LogP contribution in [0.3, 0.4) is 0 Å². The lowest BCUT2D eigenvalue weighted by atomic mass is 10.2. The summed E-state index contributed by atoms with van der Waals surface area (Å²) in [5.41, 5.74) is 1.78. The fraction of sp³-hybridized carbons (Fsp3) is 0.111. The third-order valence-corrected chi connectivity index (χ3v) is 4.15. The van der Waals surface area contributed by atoms with Crippen LogP contribution in [0.2, 0.25) is 5.02 Å². The Morgan fingerprint density at radius 1 is 1.12 bits per heavy atom. The molecule has 25 heavy (non-hydrogen) atoms. The number of carbonyl (C=O) groups is 1. The number of hydrogen-bond donors (Lipinski definition) is 0. The number of imidazole rings is 1. The molecule has 124 valence electrons. The molecular weight excluding hydrogens is 343 g/mol. The van der Waals surface area contributed by atoms with Crippen molar-refractivity contribution in [1.29, 1.82) is 0 Å². The number of hydrogen-bond acceptors (Lipinski definition) is 4. The molecule has 0 aliphatic rings. The van der Waals surface area contributed by atoms with Crippen LogP contribution in [0.4, 0.5) is 4.39 Å². The summed E-state index contributed by atoms with van der Waals surface area (Å²) < 4.78 is 15.4. The highest BCUT2D eigenvalue weighted by molar-refractivity contribution is 6.31. The molecule has 0 saturated heterocycles. The molecule has 0 fully saturated rings. The molecule has 0 atom stereocenters. The topological polar surface area (TPSA) is 60.7 Å². The molecule has 2 aromatic heterocycles. The molecule has 2 aromatic carbocycles. The standard InChI is InChI=1S/C18H12ClFN4O/c1-2-15-23-16-17(22-13-8-7-10(19)9-14(13)21-16)24(15)18(25)11-5-3-4-6-12(11)20/h3-9H,2H2,1H3. The second-order valence-corrected chi connectivity index (χ2v) is 5.94. The lowest BCUT2D eigenvalue weighted by molar-refractivity contribution is 0.0957. The Kier molecular flexibility index (Phi) is 3.69. The summed E-state index contributed by atoms with van der Waals surface area (Å²) in [7, 11) is 0. The van der Waals surface area contributed by atoms with E-state index in [1.54, 1.807) is 24.3 Å². The number of benzene rings is 2. The maximum atomic E-state index is 14.1. The van der Waals surface area contributed by atoms with Crippen LogP contribution < -0.4 is 0 Å². The van der Waals surface area contributed by atoms with Crippen molar-refractivity contribution in [3.63, 3.8) is 0 Å². The van der Waals surface area contributed by atoms with Crippen molar-refractivity contribution in [2.45, 2.75) is 13.3 Å². The fourth-order valence-corrected chi connectivity index (χ4v) is 2.90. The van der Waals surface area contributed by atoms with E-state index in [9.17, 15) is 9.18 Å². The summed E-state index contributed by atoms with van der Waals surface area (Å²) in [5.74, 6) is -0.623. The van der Waals surface area contributed by atoms with Gasteiger partial charge in [0.1, 0.15) is 11.6 Å². The van der Waals surface area contributed by atoms with Gasteiger partial charge in [0.05, 0.1) is 16.6 Å². The average molecular weight is 355 g/mol. The van der Waals surface area contributed by atoms with Crippen molar-refractivity contribution in [2.24, 2.45) is 0 Å². The van der Waals surface area contributed by atoms with Gasteiger partial charge in [-0.1, -0.05) is 30.7 Å². The smallest absolute Gasteiger partial charge is 0.268 e. The van der Waals surface area contributed by atoms with Gasteiger partial charge in [-0.2, -0.15) is 0 Å². The second-order valence-electron chi connectivity index (χ2n) is 5.51. The molecule has 5 nitrogen and oxygen atoms in total. The Labute approximate surface area is 147 Å². The van der Waals surface area contributed by atoms with Crippen LogP contribution in [0.25, 0.3) is 22.3 Å². The maximum Gasteiger partial charge on any atom is 0.268 e. The monoisotopic (exact) mass is 354 g/mol. The molecule has 4 rings (SSSR count). The van der Waals surface area contributed by atoms with Gasteiger partial charge in [0.15, 0.2) is 11.3 Å². The average Bonchev–Trinajstić information content (AvgIpc) is 2.97. The highest BCUT2D eigenvalue weighted by Crippen LogP contribution is 2.22. The van der Waals surface area contributed by atoms with Crippen LogP contribution in [0.15, 0.2) is 42.5 Å². The van der Waals surface area contributed by atoms with Gasteiger partial charge < -0.3 is 0 Å². The molecule has 0 aliphatic carbocycles. The van der Waals surface area contributed by atoms with E-state index in [0.717, 1.165) is 0 Å². The van der Waals surface area contributed by atoms with Crippen LogP contribution in [-0.2, 0) is 6.42 Å². The van der Waals surface area contributed by atoms with Crippen molar-refractivity contribution in [3.8, 4) is 0 Å². The van der Waals surface area contributed by atoms with E-state index in [-0.39, 0.29) is 5.56 Å². The van der Waals surface area contributed by atoms with Crippen molar-refractivity contribution in [2.75, 3.05) is 0 Å². The van der Waals surface area contributed by atoms with Crippen molar-refractivity contribution in [3.05, 3.63) is 64.7 Å². The van der Waals surface area contributed by atoms with Crippen LogP contribution >= 0.6 is 11.6 Å². The molecule has 7 heteroatoms. The molecule has 0 saturated carbocycles. The largest absolute Gasteiger partial charge is 0.268 e. The minimum absolute atomic E-state index is 0.0329. The van der Waals surface area contributed by atoms with Crippen LogP contribution in [-0.4, -0.2) is 25.4 Å². The van der Waals surface area contributed by atoms with Gasteiger partial charge >= 0.3 is 0 Å². The Balaban J connectivity index is 2.00. The minimum Gasteiger partial charge on any atom is -0.268 e. The van der Waals surface area contributed by atoms with Gasteiger partial charge in [0.2, 0.25) is 0 Å². The summed E-state index contributed by atoms with van der Waals surface area (Å²) >= 11 is 5.99. The normalized spacial score (nSPS) is 11.3. The van der Waals surface area contributed by atoms with E-state index < -0.39 is 11.7 Å². The van der Waals surface area contributed by atoms with Crippen molar-refractivity contribution < 1.29 is 9.18 Å². The Hall–Kier alpha value is -2.86. The summed E-state index contributed by atoms with van der Waals surface area (Å²) in [6.07, 6.45) is 0.481. The van der Waals surface area contributed by atoms with E-state index in [1.807, 2.05) is 6.92 Å². The first kappa shape index (κ1) is 15.7. The minimum atomic E-state index is -0.586. The quantitative estimate of drug-likeness (QED) is 0.545. The zero-order chi connectivity index (χ0) is 17.6. The van der Waals surface area contributed by atoms with E-state index in [2.05, 4.69) is 15.0 Å². The van der Waals surface area contributed by atoms with Gasteiger partial charge in [-0.3, -0.25) is 4.79 Å². The first-order valence-electron chi connectivity index (χ1n) is 7.72. The zero-order valence-corrected chi connectivity index (χ0v) is 14.0.